The van der Waals surface area contributed by atoms with Crippen LogP contribution in [-0.4, -0.2) is 34.9 Å². The first-order valence-corrected chi connectivity index (χ1v) is 9.93. The van der Waals surface area contributed by atoms with E-state index in [-0.39, 0.29) is 17.7 Å². The molecule has 26 heavy (non-hydrogen) atoms. The van der Waals surface area contributed by atoms with Crippen LogP contribution in [-0.2, 0) is 11.2 Å². The summed E-state index contributed by atoms with van der Waals surface area (Å²) in [5.41, 5.74) is 1.15. The molecule has 0 aliphatic heterocycles. The number of aliphatic hydroxyl groups is 2. The molecule has 0 heterocycles. The zero-order chi connectivity index (χ0) is 18.8. The topological polar surface area (TPSA) is 69.6 Å². The normalized spacial score (nSPS) is 25.7. The zero-order valence-electron chi connectivity index (χ0n) is 15.8. The van der Waals surface area contributed by atoms with Gasteiger partial charge in [-0.15, -0.1) is 0 Å². The molecular formula is C22H33NO3. The molecule has 1 saturated carbocycles. The molecule has 0 unspecified atom stereocenters. The summed E-state index contributed by atoms with van der Waals surface area (Å²) in [6.45, 7) is 2.60. The van der Waals surface area contributed by atoms with Crippen LogP contribution >= 0.6 is 0 Å². The maximum Gasteiger partial charge on any atom is 0.220 e. The molecule has 0 saturated heterocycles. The average molecular weight is 360 g/mol. The van der Waals surface area contributed by atoms with Gasteiger partial charge < -0.3 is 15.5 Å². The number of unbranched alkanes of at least 4 members (excludes halogenated alkanes) is 2. The van der Waals surface area contributed by atoms with Gasteiger partial charge in [0.1, 0.15) is 0 Å². The predicted molar refractivity (Wildman–Crippen MR) is 105 cm³/mol. The molecule has 0 spiro atoms. The predicted octanol–water partition coefficient (Wildman–Crippen LogP) is 3.23. The van der Waals surface area contributed by atoms with Crippen LogP contribution in [0.15, 0.2) is 42.5 Å². The summed E-state index contributed by atoms with van der Waals surface area (Å²) < 4.78 is 0. The molecule has 1 amide bonds. The second-order valence-corrected chi connectivity index (χ2v) is 7.34. The molecule has 4 heteroatoms. The number of carbonyl (C=O) groups is 1. The van der Waals surface area contributed by atoms with Gasteiger partial charge in [0.15, 0.2) is 0 Å². The third-order valence-corrected chi connectivity index (χ3v) is 5.34. The second-order valence-electron chi connectivity index (χ2n) is 7.34. The molecule has 1 aromatic carbocycles. The Morgan fingerprint density at radius 2 is 1.88 bits per heavy atom. The molecule has 0 aromatic heterocycles. The standard InChI is InChI=1S/C22H33NO3/c1-2-3-4-5-9-12-18-19(21(25)15-20(18)24)16-23-22(26)14-13-17-10-7-6-8-11-17/h5-11,18-21,24-25H,2-4,12-16H2,1H3,(H,23,26)/b9-5-/t18-,19-,20+,21-/m1/s1. The van der Waals surface area contributed by atoms with Gasteiger partial charge >= 0.3 is 0 Å². The van der Waals surface area contributed by atoms with Crippen LogP contribution in [0.5, 0.6) is 0 Å². The number of amides is 1. The third-order valence-electron chi connectivity index (χ3n) is 5.34. The van der Waals surface area contributed by atoms with Crippen molar-refractivity contribution in [2.45, 2.75) is 64.1 Å². The van der Waals surface area contributed by atoms with Gasteiger partial charge in [-0.25, -0.2) is 0 Å². The van der Waals surface area contributed by atoms with Crippen molar-refractivity contribution in [2.75, 3.05) is 6.54 Å². The van der Waals surface area contributed by atoms with Gasteiger partial charge in [0.2, 0.25) is 5.91 Å². The van der Waals surface area contributed by atoms with E-state index in [0.29, 0.717) is 25.8 Å². The fourth-order valence-corrected chi connectivity index (χ4v) is 3.70. The van der Waals surface area contributed by atoms with Gasteiger partial charge in [0.05, 0.1) is 12.2 Å². The fourth-order valence-electron chi connectivity index (χ4n) is 3.70. The molecule has 1 aromatic rings. The van der Waals surface area contributed by atoms with Crippen LogP contribution in [0.25, 0.3) is 0 Å². The summed E-state index contributed by atoms with van der Waals surface area (Å²) in [5, 5.41) is 23.5. The highest BCUT2D eigenvalue weighted by Gasteiger charge is 2.40. The highest BCUT2D eigenvalue weighted by Crippen LogP contribution is 2.35. The first kappa shape index (κ1) is 20.7. The molecule has 0 radical (unpaired) electrons. The van der Waals surface area contributed by atoms with Gasteiger partial charge in [-0.2, -0.15) is 0 Å². The molecular weight excluding hydrogens is 326 g/mol. The lowest BCUT2D eigenvalue weighted by molar-refractivity contribution is -0.121. The number of rotatable bonds is 10. The summed E-state index contributed by atoms with van der Waals surface area (Å²) in [4.78, 5) is 12.1. The Kier molecular flexibility index (Phi) is 8.86. The molecule has 1 fully saturated rings. The largest absolute Gasteiger partial charge is 0.393 e. The SMILES string of the molecule is CCCC/C=C\C[C@@H]1[C@@H](CNC(=O)CCc2ccccc2)[C@H](O)C[C@@H]1O. The first-order chi connectivity index (χ1) is 12.6. The van der Waals surface area contributed by atoms with Gasteiger partial charge in [0, 0.05) is 18.9 Å². The van der Waals surface area contributed by atoms with Gasteiger partial charge in [-0.1, -0.05) is 62.2 Å². The quantitative estimate of drug-likeness (QED) is 0.444. The lowest BCUT2D eigenvalue weighted by Gasteiger charge is -2.22. The Morgan fingerprint density at radius 3 is 2.62 bits per heavy atom. The highest BCUT2D eigenvalue weighted by molar-refractivity contribution is 5.76. The van der Waals surface area contributed by atoms with Crippen molar-refractivity contribution in [2.24, 2.45) is 11.8 Å². The minimum absolute atomic E-state index is 0.000296. The van der Waals surface area contributed by atoms with E-state index in [1.54, 1.807) is 0 Å². The van der Waals surface area contributed by atoms with Gasteiger partial charge in [-0.3, -0.25) is 4.79 Å². The summed E-state index contributed by atoms with van der Waals surface area (Å²) in [5.74, 6) is -0.0709. The average Bonchev–Trinajstić information content (AvgIpc) is 2.91. The fraction of sp³-hybridized carbons (Fsp3) is 0.591. The lowest BCUT2D eigenvalue weighted by Crippen LogP contribution is -2.36. The molecule has 0 bridgehead atoms. The first-order valence-electron chi connectivity index (χ1n) is 9.93. The Morgan fingerprint density at radius 1 is 1.15 bits per heavy atom. The number of allylic oxidation sites excluding steroid dienone is 2. The van der Waals surface area contributed by atoms with Crippen molar-refractivity contribution in [3.8, 4) is 0 Å². The van der Waals surface area contributed by atoms with Crippen molar-refractivity contribution in [1.29, 1.82) is 0 Å². The summed E-state index contributed by atoms with van der Waals surface area (Å²) >= 11 is 0. The van der Waals surface area contributed by atoms with E-state index in [9.17, 15) is 15.0 Å². The Hall–Kier alpha value is -1.65. The summed E-state index contributed by atoms with van der Waals surface area (Å²) in [7, 11) is 0. The number of nitrogens with one attached hydrogen (secondary N) is 1. The Bertz CT molecular complexity index is 558. The zero-order valence-corrected chi connectivity index (χ0v) is 15.8. The third kappa shape index (κ3) is 6.58. The molecule has 1 aliphatic carbocycles. The molecule has 4 atom stereocenters. The number of aliphatic hydroxyl groups excluding tert-OH is 2. The molecule has 2 rings (SSSR count). The van der Waals surface area contributed by atoms with Crippen LogP contribution in [0.3, 0.4) is 0 Å². The monoisotopic (exact) mass is 359 g/mol. The van der Waals surface area contributed by atoms with Crippen LogP contribution < -0.4 is 5.32 Å². The minimum atomic E-state index is -0.548. The van der Waals surface area contributed by atoms with E-state index in [4.69, 9.17) is 0 Å². The number of hydrogen-bond donors (Lipinski definition) is 3. The van der Waals surface area contributed by atoms with Gasteiger partial charge in [0.25, 0.3) is 0 Å². The van der Waals surface area contributed by atoms with Crippen molar-refractivity contribution >= 4 is 5.91 Å². The number of carbonyl (C=O) groups excluding carboxylic acids is 1. The van der Waals surface area contributed by atoms with E-state index in [1.165, 1.54) is 12.8 Å². The van der Waals surface area contributed by atoms with Crippen molar-refractivity contribution in [3.05, 3.63) is 48.0 Å². The Balaban J connectivity index is 1.77. The number of benzene rings is 1. The summed E-state index contributed by atoms with van der Waals surface area (Å²) in [6, 6.07) is 9.95. The van der Waals surface area contributed by atoms with Crippen molar-refractivity contribution in [1.82, 2.24) is 5.32 Å². The second kappa shape index (κ2) is 11.1. The maximum atomic E-state index is 12.1. The molecule has 1 aliphatic rings. The van der Waals surface area contributed by atoms with Gasteiger partial charge in [-0.05, 0) is 37.2 Å². The molecule has 3 N–H and O–H groups in total. The van der Waals surface area contributed by atoms with Crippen LogP contribution in [0.4, 0.5) is 0 Å². The smallest absolute Gasteiger partial charge is 0.220 e. The molecule has 144 valence electrons. The van der Waals surface area contributed by atoms with Crippen LogP contribution in [0.2, 0.25) is 0 Å². The van der Waals surface area contributed by atoms with Crippen LogP contribution in [0, 0.1) is 11.8 Å². The van der Waals surface area contributed by atoms with Crippen molar-refractivity contribution in [3.63, 3.8) is 0 Å². The maximum absolute atomic E-state index is 12.1. The van der Waals surface area contributed by atoms with Crippen LogP contribution in [0.1, 0.15) is 51.0 Å². The Labute approximate surface area is 157 Å². The number of hydrogen-bond acceptors (Lipinski definition) is 3. The lowest BCUT2D eigenvalue weighted by atomic mass is 9.90. The minimum Gasteiger partial charge on any atom is -0.393 e. The van der Waals surface area contributed by atoms with Crippen molar-refractivity contribution < 1.29 is 15.0 Å². The molecule has 4 nitrogen and oxygen atoms in total. The van der Waals surface area contributed by atoms with E-state index in [1.807, 2.05) is 30.3 Å². The number of aryl methyl sites for hydroxylation is 1. The van der Waals surface area contributed by atoms with E-state index in [2.05, 4.69) is 24.4 Å². The van der Waals surface area contributed by atoms with E-state index in [0.717, 1.165) is 18.4 Å². The highest BCUT2D eigenvalue weighted by atomic mass is 16.3. The summed E-state index contributed by atoms with van der Waals surface area (Å²) in [6.07, 6.45) is 8.96. The van der Waals surface area contributed by atoms with E-state index >= 15 is 0 Å². The van der Waals surface area contributed by atoms with E-state index < -0.39 is 12.2 Å².